The number of pyridine rings is 1. The molecule has 128 valence electrons. The molecule has 1 N–H and O–H groups in total. The smallest absolute Gasteiger partial charge is 0.374 e. The fourth-order valence-corrected chi connectivity index (χ4v) is 2.50. The van der Waals surface area contributed by atoms with Gasteiger partial charge >= 0.3 is 5.97 Å². The molecule has 6 nitrogen and oxygen atoms in total. The van der Waals surface area contributed by atoms with Gasteiger partial charge in [-0.3, -0.25) is 4.79 Å². The fourth-order valence-electron chi connectivity index (χ4n) is 2.10. The molecule has 0 bridgehead atoms. The largest absolute Gasteiger partial charge is 0.450 e. The number of rotatable bonds is 4. The molecule has 0 fully saturated rings. The number of hydrogen-bond acceptors (Lipinski definition) is 5. The number of hydrogen-bond donors (Lipinski definition) is 1. The predicted molar refractivity (Wildman–Crippen MR) is 94.1 cm³/mol. The Balaban J connectivity index is 1.62. The van der Waals surface area contributed by atoms with Crippen LogP contribution in [0, 0.1) is 6.92 Å². The SMILES string of the molecule is Cc1nc(NC(=O)COC(=O)c2cc3ccccc3o2)c(Cl)cc1Cl. The van der Waals surface area contributed by atoms with E-state index in [2.05, 4.69) is 10.3 Å². The number of ether oxygens (including phenoxy) is 1. The number of nitrogens with one attached hydrogen (secondary N) is 1. The second-order valence-corrected chi connectivity index (χ2v) is 5.97. The number of furan rings is 1. The van der Waals surface area contributed by atoms with E-state index in [9.17, 15) is 9.59 Å². The van der Waals surface area contributed by atoms with E-state index in [1.165, 1.54) is 6.07 Å². The molecule has 2 heterocycles. The average Bonchev–Trinajstić information content (AvgIpc) is 3.02. The van der Waals surface area contributed by atoms with E-state index in [1.807, 2.05) is 6.07 Å². The van der Waals surface area contributed by atoms with Gasteiger partial charge in [0.05, 0.1) is 15.7 Å². The predicted octanol–water partition coefficient (Wildman–Crippen LogP) is 4.24. The van der Waals surface area contributed by atoms with Crippen molar-refractivity contribution < 1.29 is 18.7 Å². The van der Waals surface area contributed by atoms with Crippen LogP contribution in [-0.4, -0.2) is 23.5 Å². The zero-order valence-electron chi connectivity index (χ0n) is 13.0. The van der Waals surface area contributed by atoms with Crippen molar-refractivity contribution in [2.24, 2.45) is 0 Å². The molecule has 25 heavy (non-hydrogen) atoms. The Kier molecular flexibility index (Phi) is 4.92. The third-order valence-corrected chi connectivity index (χ3v) is 3.99. The second-order valence-electron chi connectivity index (χ2n) is 5.16. The molecule has 0 saturated carbocycles. The molecule has 0 aliphatic rings. The van der Waals surface area contributed by atoms with Gasteiger partial charge in [0, 0.05) is 5.39 Å². The highest BCUT2D eigenvalue weighted by Gasteiger charge is 2.16. The number of esters is 1. The zero-order valence-corrected chi connectivity index (χ0v) is 14.5. The highest BCUT2D eigenvalue weighted by atomic mass is 35.5. The molecule has 0 aliphatic heterocycles. The van der Waals surface area contributed by atoms with Gasteiger partial charge in [0.25, 0.3) is 5.91 Å². The Morgan fingerprint density at radius 2 is 1.96 bits per heavy atom. The van der Waals surface area contributed by atoms with Crippen LogP contribution in [0.1, 0.15) is 16.2 Å². The van der Waals surface area contributed by atoms with Gasteiger partial charge in [0.1, 0.15) is 5.58 Å². The van der Waals surface area contributed by atoms with Crippen molar-refractivity contribution in [3.63, 3.8) is 0 Å². The normalized spacial score (nSPS) is 10.7. The number of carbonyl (C=O) groups excluding carboxylic acids is 2. The number of aryl methyl sites for hydroxylation is 1. The van der Waals surface area contributed by atoms with Gasteiger partial charge in [-0.15, -0.1) is 0 Å². The summed E-state index contributed by atoms with van der Waals surface area (Å²) in [5.74, 6) is -1.15. The fraction of sp³-hybridized carbons (Fsp3) is 0.118. The van der Waals surface area contributed by atoms with Crippen molar-refractivity contribution >= 4 is 51.9 Å². The van der Waals surface area contributed by atoms with Crippen LogP contribution in [0.2, 0.25) is 10.0 Å². The van der Waals surface area contributed by atoms with Gasteiger partial charge in [-0.2, -0.15) is 0 Å². The van der Waals surface area contributed by atoms with Gasteiger partial charge in [0.15, 0.2) is 12.4 Å². The number of nitrogens with zero attached hydrogens (tertiary/aromatic N) is 1. The van der Waals surface area contributed by atoms with Crippen LogP contribution in [0.4, 0.5) is 5.82 Å². The van der Waals surface area contributed by atoms with Crippen LogP contribution in [-0.2, 0) is 9.53 Å². The number of amides is 1. The molecule has 0 radical (unpaired) electrons. The van der Waals surface area contributed by atoms with Crippen LogP contribution >= 0.6 is 23.2 Å². The van der Waals surface area contributed by atoms with E-state index in [4.69, 9.17) is 32.4 Å². The third-order valence-electron chi connectivity index (χ3n) is 3.32. The van der Waals surface area contributed by atoms with Crippen molar-refractivity contribution in [1.82, 2.24) is 4.98 Å². The molecule has 0 saturated heterocycles. The molecule has 8 heteroatoms. The van der Waals surface area contributed by atoms with Gasteiger partial charge in [-0.1, -0.05) is 41.4 Å². The summed E-state index contributed by atoms with van der Waals surface area (Å²) in [6.07, 6.45) is 0. The number of fused-ring (bicyclic) bond motifs is 1. The van der Waals surface area contributed by atoms with Crippen LogP contribution in [0.5, 0.6) is 0 Å². The van der Waals surface area contributed by atoms with Crippen molar-refractivity contribution in [2.75, 3.05) is 11.9 Å². The van der Waals surface area contributed by atoms with Gasteiger partial charge < -0.3 is 14.5 Å². The highest BCUT2D eigenvalue weighted by molar-refractivity contribution is 6.36. The summed E-state index contributed by atoms with van der Waals surface area (Å²) < 4.78 is 10.3. The number of halogens is 2. The molecule has 1 amide bonds. The van der Waals surface area contributed by atoms with Crippen LogP contribution in [0.15, 0.2) is 40.8 Å². The monoisotopic (exact) mass is 378 g/mol. The Labute approximate surface area is 152 Å². The summed E-state index contributed by atoms with van der Waals surface area (Å²) in [6, 6.07) is 10.2. The lowest BCUT2D eigenvalue weighted by molar-refractivity contribution is -0.119. The van der Waals surface area contributed by atoms with Crippen molar-refractivity contribution in [1.29, 1.82) is 0 Å². The van der Waals surface area contributed by atoms with E-state index < -0.39 is 18.5 Å². The molecule has 0 aliphatic carbocycles. The summed E-state index contributed by atoms with van der Waals surface area (Å²) in [5, 5.41) is 3.81. The molecule has 3 rings (SSSR count). The first kappa shape index (κ1) is 17.3. The maximum Gasteiger partial charge on any atom is 0.374 e. The summed E-state index contributed by atoms with van der Waals surface area (Å²) in [7, 11) is 0. The molecule has 3 aromatic rings. The molecular weight excluding hydrogens is 367 g/mol. The minimum absolute atomic E-state index is 0.0208. The number of carbonyl (C=O) groups is 2. The van der Waals surface area contributed by atoms with Crippen LogP contribution in [0.25, 0.3) is 11.0 Å². The standard InChI is InChI=1S/C17H12Cl2N2O4/c1-9-11(18)7-12(19)16(20-9)21-15(22)8-24-17(23)14-6-10-4-2-3-5-13(10)25-14/h2-7H,8H2,1H3,(H,20,21,22). The van der Waals surface area contributed by atoms with Gasteiger partial charge in [-0.05, 0) is 25.1 Å². The van der Waals surface area contributed by atoms with Crippen molar-refractivity contribution in [2.45, 2.75) is 6.92 Å². The van der Waals surface area contributed by atoms with Gasteiger partial charge in [-0.25, -0.2) is 9.78 Å². The molecular formula is C17H12Cl2N2O4. The first-order valence-corrected chi connectivity index (χ1v) is 7.98. The Morgan fingerprint density at radius 3 is 2.72 bits per heavy atom. The molecule has 1 aromatic carbocycles. The van der Waals surface area contributed by atoms with E-state index >= 15 is 0 Å². The Hall–Kier alpha value is -2.57. The Bertz CT molecular complexity index is 935. The van der Waals surface area contributed by atoms with Crippen LogP contribution < -0.4 is 5.32 Å². The maximum atomic E-state index is 12.0. The first-order chi connectivity index (χ1) is 11.9. The summed E-state index contributed by atoms with van der Waals surface area (Å²) in [4.78, 5) is 28.0. The number of para-hydroxylation sites is 1. The van der Waals surface area contributed by atoms with E-state index in [-0.39, 0.29) is 16.6 Å². The summed E-state index contributed by atoms with van der Waals surface area (Å²) in [6.45, 7) is 1.17. The minimum Gasteiger partial charge on any atom is -0.450 e. The topological polar surface area (TPSA) is 81.4 Å². The summed E-state index contributed by atoms with van der Waals surface area (Å²) in [5.41, 5.74) is 1.08. The molecule has 0 atom stereocenters. The molecule has 0 spiro atoms. The minimum atomic E-state index is -0.738. The lowest BCUT2D eigenvalue weighted by Crippen LogP contribution is -2.21. The maximum absolute atomic E-state index is 12.0. The average molecular weight is 379 g/mol. The highest BCUT2D eigenvalue weighted by Crippen LogP contribution is 2.25. The van der Waals surface area contributed by atoms with Crippen molar-refractivity contribution in [3.8, 4) is 0 Å². The van der Waals surface area contributed by atoms with E-state index in [0.29, 0.717) is 16.3 Å². The number of anilines is 1. The third kappa shape index (κ3) is 3.92. The van der Waals surface area contributed by atoms with E-state index in [0.717, 1.165) is 5.39 Å². The van der Waals surface area contributed by atoms with E-state index in [1.54, 1.807) is 31.2 Å². The molecule has 0 unspecified atom stereocenters. The summed E-state index contributed by atoms with van der Waals surface area (Å²) >= 11 is 11.9. The lowest BCUT2D eigenvalue weighted by atomic mass is 10.2. The first-order valence-electron chi connectivity index (χ1n) is 7.22. The second kappa shape index (κ2) is 7.13. The quantitative estimate of drug-likeness (QED) is 0.686. The number of benzene rings is 1. The van der Waals surface area contributed by atoms with Gasteiger partial charge in [0.2, 0.25) is 5.76 Å². The van der Waals surface area contributed by atoms with Crippen LogP contribution in [0.3, 0.4) is 0 Å². The molecule has 2 aromatic heterocycles. The number of aromatic nitrogens is 1. The van der Waals surface area contributed by atoms with Crippen molar-refractivity contribution in [3.05, 3.63) is 57.9 Å². The zero-order chi connectivity index (χ0) is 18.0. The Morgan fingerprint density at radius 1 is 1.20 bits per heavy atom. The lowest BCUT2D eigenvalue weighted by Gasteiger charge is -2.08.